The Hall–Kier alpha value is -1.95. The van der Waals surface area contributed by atoms with E-state index < -0.39 is 0 Å². The molecule has 1 aliphatic heterocycles. The molecule has 6 heteroatoms. The van der Waals surface area contributed by atoms with Crippen molar-refractivity contribution in [1.82, 2.24) is 15.1 Å². The van der Waals surface area contributed by atoms with Crippen LogP contribution in [0.3, 0.4) is 0 Å². The molecule has 0 bridgehead atoms. The zero-order valence-electron chi connectivity index (χ0n) is 10.1. The van der Waals surface area contributed by atoms with Crippen LogP contribution in [0.15, 0.2) is 29.0 Å². The molecule has 3 heterocycles. The lowest BCUT2D eigenvalue weighted by atomic mass is 10.2. The Morgan fingerprint density at radius 2 is 2.17 bits per heavy atom. The quantitative estimate of drug-likeness (QED) is 0.797. The third kappa shape index (κ3) is 2.19. The normalized spacial score (nSPS) is 20.1. The summed E-state index contributed by atoms with van der Waals surface area (Å²) in [6.45, 7) is 4.02. The van der Waals surface area contributed by atoms with Gasteiger partial charge in [0.2, 0.25) is 0 Å². The molecule has 0 aromatic carbocycles. The van der Waals surface area contributed by atoms with Crippen LogP contribution in [0.5, 0.6) is 0 Å². The molecule has 94 valence electrons. The molecule has 0 saturated carbocycles. The minimum atomic E-state index is -0.159. The van der Waals surface area contributed by atoms with E-state index in [-0.39, 0.29) is 6.10 Å². The Bertz CT molecular complexity index is 514. The van der Waals surface area contributed by atoms with Crippen LogP contribution in [0.1, 0.15) is 17.8 Å². The molecule has 1 saturated heterocycles. The van der Waals surface area contributed by atoms with Crippen LogP contribution in [0.25, 0.3) is 0 Å². The van der Waals surface area contributed by atoms with E-state index in [9.17, 15) is 0 Å². The van der Waals surface area contributed by atoms with Gasteiger partial charge in [0, 0.05) is 24.6 Å². The molecule has 18 heavy (non-hydrogen) atoms. The van der Waals surface area contributed by atoms with Gasteiger partial charge in [0.25, 0.3) is 5.89 Å². The Morgan fingerprint density at radius 1 is 1.33 bits per heavy atom. The van der Waals surface area contributed by atoms with E-state index in [0.717, 1.165) is 12.2 Å². The van der Waals surface area contributed by atoms with Crippen molar-refractivity contribution in [2.45, 2.75) is 13.0 Å². The van der Waals surface area contributed by atoms with Crippen molar-refractivity contribution in [3.05, 3.63) is 36.2 Å². The second kappa shape index (κ2) is 4.73. The molecule has 0 spiro atoms. The number of aromatic nitrogens is 3. The van der Waals surface area contributed by atoms with Gasteiger partial charge in [-0.3, -0.25) is 4.98 Å². The fourth-order valence-electron chi connectivity index (χ4n) is 2.03. The summed E-state index contributed by atoms with van der Waals surface area (Å²) in [4.78, 5) is 10.5. The summed E-state index contributed by atoms with van der Waals surface area (Å²) in [5, 5.41) is 3.79. The summed E-state index contributed by atoms with van der Waals surface area (Å²) in [7, 11) is 0. The standard InChI is InChI=1S/C12H14N4O2/c1-9-14-12(18-15-9)11-8-16(6-7-17-11)10-2-4-13-5-3-10/h2-5,11H,6-8H2,1H3. The Kier molecular flexibility index (Phi) is 2.93. The maximum atomic E-state index is 5.68. The number of pyridine rings is 1. The monoisotopic (exact) mass is 246 g/mol. The summed E-state index contributed by atoms with van der Waals surface area (Å²) in [5.41, 5.74) is 1.13. The first kappa shape index (κ1) is 11.2. The molecule has 2 aromatic rings. The van der Waals surface area contributed by atoms with Crippen LogP contribution in [0, 0.1) is 6.92 Å². The highest BCUT2D eigenvalue weighted by Crippen LogP contribution is 2.24. The lowest BCUT2D eigenvalue weighted by molar-refractivity contribution is 0.0186. The number of nitrogens with zero attached hydrogens (tertiary/aromatic N) is 4. The molecule has 0 radical (unpaired) electrons. The second-order valence-corrected chi connectivity index (χ2v) is 4.19. The summed E-state index contributed by atoms with van der Waals surface area (Å²) >= 11 is 0. The zero-order valence-corrected chi connectivity index (χ0v) is 10.1. The number of rotatable bonds is 2. The van der Waals surface area contributed by atoms with Gasteiger partial charge in [0.15, 0.2) is 11.9 Å². The Balaban J connectivity index is 1.76. The first-order chi connectivity index (χ1) is 8.83. The molecule has 1 fully saturated rings. The fraction of sp³-hybridized carbons (Fsp3) is 0.417. The van der Waals surface area contributed by atoms with Crippen LogP contribution in [0.4, 0.5) is 5.69 Å². The highest BCUT2D eigenvalue weighted by molar-refractivity contribution is 5.45. The van der Waals surface area contributed by atoms with Gasteiger partial charge in [-0.1, -0.05) is 5.16 Å². The van der Waals surface area contributed by atoms with Gasteiger partial charge in [-0.2, -0.15) is 4.98 Å². The maximum absolute atomic E-state index is 5.68. The molecule has 1 unspecified atom stereocenters. The van der Waals surface area contributed by atoms with Crippen molar-refractivity contribution in [2.24, 2.45) is 0 Å². The van der Waals surface area contributed by atoms with Gasteiger partial charge < -0.3 is 14.2 Å². The van der Waals surface area contributed by atoms with E-state index in [1.807, 2.05) is 12.1 Å². The van der Waals surface area contributed by atoms with E-state index in [0.29, 0.717) is 24.9 Å². The van der Waals surface area contributed by atoms with Gasteiger partial charge in [-0.25, -0.2) is 0 Å². The largest absolute Gasteiger partial charge is 0.366 e. The molecule has 1 aliphatic rings. The predicted molar refractivity (Wildman–Crippen MR) is 64.2 cm³/mol. The second-order valence-electron chi connectivity index (χ2n) is 4.19. The number of ether oxygens (including phenoxy) is 1. The number of aryl methyl sites for hydroxylation is 1. The van der Waals surface area contributed by atoms with Crippen molar-refractivity contribution in [2.75, 3.05) is 24.6 Å². The van der Waals surface area contributed by atoms with Gasteiger partial charge in [-0.15, -0.1) is 0 Å². The van der Waals surface area contributed by atoms with Crippen LogP contribution in [0.2, 0.25) is 0 Å². The molecular formula is C12H14N4O2. The maximum Gasteiger partial charge on any atom is 0.257 e. The van der Waals surface area contributed by atoms with E-state index in [1.165, 1.54) is 0 Å². The van der Waals surface area contributed by atoms with Crippen LogP contribution in [-0.4, -0.2) is 34.8 Å². The zero-order chi connectivity index (χ0) is 12.4. The molecule has 2 aromatic heterocycles. The average Bonchev–Trinajstić information content (AvgIpc) is 2.87. The molecule has 1 atom stereocenters. The third-order valence-electron chi connectivity index (χ3n) is 2.91. The first-order valence-corrected chi connectivity index (χ1v) is 5.90. The van der Waals surface area contributed by atoms with Crippen molar-refractivity contribution >= 4 is 5.69 Å². The molecule has 0 N–H and O–H groups in total. The molecule has 0 amide bonds. The fourth-order valence-corrected chi connectivity index (χ4v) is 2.03. The summed E-state index contributed by atoms with van der Waals surface area (Å²) in [6, 6.07) is 3.98. The summed E-state index contributed by atoms with van der Waals surface area (Å²) in [5.74, 6) is 1.18. The van der Waals surface area contributed by atoms with E-state index in [4.69, 9.17) is 9.26 Å². The van der Waals surface area contributed by atoms with Gasteiger partial charge in [-0.05, 0) is 19.1 Å². The van der Waals surface area contributed by atoms with E-state index in [2.05, 4.69) is 20.0 Å². The number of morpholine rings is 1. The van der Waals surface area contributed by atoms with Gasteiger partial charge in [0.1, 0.15) is 0 Å². The van der Waals surface area contributed by atoms with E-state index >= 15 is 0 Å². The van der Waals surface area contributed by atoms with Crippen molar-refractivity contribution < 1.29 is 9.26 Å². The summed E-state index contributed by atoms with van der Waals surface area (Å²) in [6.07, 6.45) is 3.42. The highest BCUT2D eigenvalue weighted by Gasteiger charge is 2.26. The Labute approximate surface area is 105 Å². The average molecular weight is 246 g/mol. The van der Waals surface area contributed by atoms with Crippen LogP contribution >= 0.6 is 0 Å². The lowest BCUT2D eigenvalue weighted by Crippen LogP contribution is -2.38. The van der Waals surface area contributed by atoms with Crippen LogP contribution < -0.4 is 4.90 Å². The molecule has 0 aliphatic carbocycles. The molecule has 3 rings (SSSR count). The topological polar surface area (TPSA) is 64.3 Å². The smallest absolute Gasteiger partial charge is 0.257 e. The van der Waals surface area contributed by atoms with Crippen LogP contribution in [-0.2, 0) is 4.74 Å². The van der Waals surface area contributed by atoms with Crippen molar-refractivity contribution in [1.29, 1.82) is 0 Å². The van der Waals surface area contributed by atoms with E-state index in [1.54, 1.807) is 19.3 Å². The predicted octanol–water partition coefficient (Wildman–Crippen LogP) is 1.35. The van der Waals surface area contributed by atoms with Crippen molar-refractivity contribution in [3.63, 3.8) is 0 Å². The molecular weight excluding hydrogens is 232 g/mol. The van der Waals surface area contributed by atoms with Gasteiger partial charge in [0.05, 0.1) is 13.2 Å². The number of hydrogen-bond donors (Lipinski definition) is 0. The summed E-state index contributed by atoms with van der Waals surface area (Å²) < 4.78 is 10.8. The first-order valence-electron chi connectivity index (χ1n) is 5.90. The number of anilines is 1. The molecule has 6 nitrogen and oxygen atoms in total. The Morgan fingerprint density at radius 3 is 2.89 bits per heavy atom. The SMILES string of the molecule is Cc1noc(C2CN(c3ccncc3)CCO2)n1. The number of hydrogen-bond acceptors (Lipinski definition) is 6. The van der Waals surface area contributed by atoms with Gasteiger partial charge >= 0.3 is 0 Å². The minimum absolute atomic E-state index is 0.159. The minimum Gasteiger partial charge on any atom is -0.366 e. The lowest BCUT2D eigenvalue weighted by Gasteiger charge is -2.32. The van der Waals surface area contributed by atoms with Crippen molar-refractivity contribution in [3.8, 4) is 0 Å². The highest BCUT2D eigenvalue weighted by atomic mass is 16.5. The third-order valence-corrected chi connectivity index (χ3v) is 2.91.